The summed E-state index contributed by atoms with van der Waals surface area (Å²) < 4.78 is 39.2. The highest BCUT2D eigenvalue weighted by Gasteiger charge is 2.15. The molecule has 3 N–H and O–H groups in total. The predicted molar refractivity (Wildman–Crippen MR) is 79.2 cm³/mol. The molecule has 5 nitrogen and oxygen atoms in total. The second kappa shape index (κ2) is 8.91. The largest absolute Gasteiger partial charge is 0.356 e. The van der Waals surface area contributed by atoms with Crippen molar-refractivity contribution in [3.05, 3.63) is 29.6 Å². The van der Waals surface area contributed by atoms with Crippen molar-refractivity contribution in [2.45, 2.75) is 19.8 Å². The summed E-state index contributed by atoms with van der Waals surface area (Å²) >= 11 is 0. The highest BCUT2D eigenvalue weighted by Crippen LogP contribution is 2.19. The number of nitrogens with one attached hydrogen (secondary N) is 3. The van der Waals surface area contributed by atoms with Gasteiger partial charge in [-0.1, -0.05) is 13.3 Å². The molecule has 22 heavy (non-hydrogen) atoms. The number of anilines is 1. The summed E-state index contributed by atoms with van der Waals surface area (Å²) in [5, 5.41) is 7.88. The summed E-state index contributed by atoms with van der Waals surface area (Å²) in [5.41, 5.74) is -0.417. The van der Waals surface area contributed by atoms with E-state index in [-0.39, 0.29) is 6.54 Å². The van der Waals surface area contributed by atoms with Crippen LogP contribution in [0.25, 0.3) is 0 Å². The molecule has 1 rings (SSSR count). The van der Waals surface area contributed by atoms with Gasteiger partial charge in [-0.15, -0.1) is 0 Å². The Morgan fingerprint density at radius 3 is 2.55 bits per heavy atom. The van der Waals surface area contributed by atoms with E-state index in [2.05, 4.69) is 20.9 Å². The van der Waals surface area contributed by atoms with E-state index in [1.165, 1.54) is 0 Å². The van der Waals surface area contributed by atoms with Gasteiger partial charge in [0.25, 0.3) is 0 Å². The normalized spacial score (nSPS) is 11.2. The van der Waals surface area contributed by atoms with Crippen LogP contribution in [0.15, 0.2) is 17.1 Å². The van der Waals surface area contributed by atoms with Crippen molar-refractivity contribution in [1.29, 1.82) is 0 Å². The first-order valence-corrected chi connectivity index (χ1v) is 6.87. The molecule has 0 saturated carbocycles. The fourth-order valence-electron chi connectivity index (χ4n) is 1.59. The molecule has 0 fully saturated rings. The zero-order valence-electron chi connectivity index (χ0n) is 12.5. The highest BCUT2D eigenvalue weighted by atomic mass is 19.2. The molecule has 0 radical (unpaired) electrons. The van der Waals surface area contributed by atoms with Gasteiger partial charge >= 0.3 is 0 Å². The van der Waals surface area contributed by atoms with E-state index in [4.69, 9.17) is 0 Å². The number of carbonyl (C=O) groups excluding carboxylic acids is 1. The molecule has 0 spiro atoms. The van der Waals surface area contributed by atoms with Gasteiger partial charge in [-0.3, -0.25) is 9.79 Å². The van der Waals surface area contributed by atoms with E-state index >= 15 is 0 Å². The lowest BCUT2D eigenvalue weighted by Crippen LogP contribution is -2.41. The minimum Gasteiger partial charge on any atom is -0.356 e. The SMILES string of the molecule is CCCCNC(=NC)NCC(=O)Nc1ccc(F)c(F)c1F. The molecule has 0 atom stereocenters. The first-order valence-electron chi connectivity index (χ1n) is 6.87. The maximum absolute atomic E-state index is 13.4. The number of amides is 1. The van der Waals surface area contributed by atoms with Gasteiger partial charge in [-0.05, 0) is 18.6 Å². The van der Waals surface area contributed by atoms with Crippen LogP contribution < -0.4 is 16.0 Å². The fourth-order valence-corrected chi connectivity index (χ4v) is 1.59. The number of aliphatic imine (C=N–C) groups is 1. The average molecular weight is 316 g/mol. The fraction of sp³-hybridized carbons (Fsp3) is 0.429. The zero-order valence-corrected chi connectivity index (χ0v) is 12.5. The number of halogens is 3. The van der Waals surface area contributed by atoms with Crippen molar-refractivity contribution in [1.82, 2.24) is 10.6 Å². The number of guanidine groups is 1. The number of hydrogen-bond acceptors (Lipinski definition) is 2. The van der Waals surface area contributed by atoms with Gasteiger partial charge in [0.1, 0.15) is 0 Å². The van der Waals surface area contributed by atoms with E-state index in [1.54, 1.807) is 7.05 Å². The van der Waals surface area contributed by atoms with E-state index in [0.29, 0.717) is 12.5 Å². The van der Waals surface area contributed by atoms with Gasteiger partial charge in [-0.25, -0.2) is 13.2 Å². The lowest BCUT2D eigenvalue weighted by Gasteiger charge is -2.12. The molecule has 8 heteroatoms. The Bertz CT molecular complexity index is 549. The van der Waals surface area contributed by atoms with Crippen LogP contribution in [0.1, 0.15) is 19.8 Å². The summed E-state index contributed by atoms with van der Waals surface area (Å²) in [5.74, 6) is -4.55. The second-order valence-corrected chi connectivity index (χ2v) is 4.48. The van der Waals surface area contributed by atoms with Crippen molar-refractivity contribution in [3.63, 3.8) is 0 Å². The highest BCUT2D eigenvalue weighted by molar-refractivity contribution is 5.95. The number of unbranched alkanes of at least 4 members (excludes halogenated alkanes) is 1. The Morgan fingerprint density at radius 2 is 1.91 bits per heavy atom. The van der Waals surface area contributed by atoms with Crippen LogP contribution in [-0.2, 0) is 4.79 Å². The number of rotatable bonds is 6. The molecule has 0 bridgehead atoms. The Morgan fingerprint density at radius 1 is 1.18 bits per heavy atom. The van der Waals surface area contributed by atoms with Crippen LogP contribution in [0.5, 0.6) is 0 Å². The Balaban J connectivity index is 2.51. The smallest absolute Gasteiger partial charge is 0.243 e. The van der Waals surface area contributed by atoms with Crippen LogP contribution in [0.2, 0.25) is 0 Å². The van der Waals surface area contributed by atoms with E-state index < -0.39 is 29.0 Å². The summed E-state index contributed by atoms with van der Waals surface area (Å²) in [6, 6.07) is 1.70. The van der Waals surface area contributed by atoms with Crippen molar-refractivity contribution in [2.75, 3.05) is 25.5 Å². The van der Waals surface area contributed by atoms with E-state index in [0.717, 1.165) is 25.0 Å². The van der Waals surface area contributed by atoms with Crippen LogP contribution in [0.4, 0.5) is 18.9 Å². The number of carbonyl (C=O) groups is 1. The van der Waals surface area contributed by atoms with Crippen molar-refractivity contribution >= 4 is 17.6 Å². The molecule has 122 valence electrons. The lowest BCUT2D eigenvalue weighted by atomic mass is 10.2. The minimum atomic E-state index is -1.62. The molecular formula is C14H19F3N4O. The van der Waals surface area contributed by atoms with Crippen LogP contribution in [0, 0.1) is 17.5 Å². The van der Waals surface area contributed by atoms with Crippen molar-refractivity contribution in [3.8, 4) is 0 Å². The predicted octanol–water partition coefficient (Wildman–Crippen LogP) is 2.01. The van der Waals surface area contributed by atoms with Crippen LogP contribution in [0.3, 0.4) is 0 Å². The minimum absolute atomic E-state index is 0.190. The molecule has 0 aliphatic heterocycles. The number of nitrogens with zero attached hydrogens (tertiary/aromatic N) is 1. The number of benzene rings is 1. The standard InChI is InChI=1S/C14H19F3N4O/c1-3-4-7-19-14(18-2)20-8-11(22)21-10-6-5-9(15)12(16)13(10)17/h5-6H,3-4,7-8H2,1-2H3,(H,21,22)(H2,18,19,20). The first-order chi connectivity index (χ1) is 10.5. The van der Waals surface area contributed by atoms with Crippen molar-refractivity contribution < 1.29 is 18.0 Å². The number of hydrogen-bond donors (Lipinski definition) is 3. The maximum atomic E-state index is 13.4. The molecule has 0 heterocycles. The Kier molecular flexibility index (Phi) is 7.21. The lowest BCUT2D eigenvalue weighted by molar-refractivity contribution is -0.115. The molecule has 0 aromatic heterocycles. The van der Waals surface area contributed by atoms with Gasteiger partial charge in [-0.2, -0.15) is 0 Å². The van der Waals surface area contributed by atoms with Gasteiger partial charge in [0.05, 0.1) is 12.2 Å². The van der Waals surface area contributed by atoms with E-state index in [1.807, 2.05) is 6.92 Å². The van der Waals surface area contributed by atoms with Crippen LogP contribution >= 0.6 is 0 Å². The molecule has 0 aliphatic rings. The van der Waals surface area contributed by atoms with Crippen molar-refractivity contribution in [2.24, 2.45) is 4.99 Å². The average Bonchev–Trinajstić information content (AvgIpc) is 2.51. The topological polar surface area (TPSA) is 65.5 Å². The van der Waals surface area contributed by atoms with Gasteiger partial charge in [0.2, 0.25) is 5.91 Å². The third-order valence-electron chi connectivity index (χ3n) is 2.77. The summed E-state index contributed by atoms with van der Waals surface area (Å²) in [7, 11) is 1.55. The third kappa shape index (κ3) is 5.27. The summed E-state index contributed by atoms with van der Waals surface area (Å²) in [6.45, 7) is 2.56. The maximum Gasteiger partial charge on any atom is 0.243 e. The molecule has 0 unspecified atom stereocenters. The van der Waals surface area contributed by atoms with Gasteiger partial charge in [0.15, 0.2) is 23.4 Å². The zero-order chi connectivity index (χ0) is 16.5. The monoisotopic (exact) mass is 316 g/mol. The Labute approximate surface area is 127 Å². The van der Waals surface area contributed by atoms with Gasteiger partial charge < -0.3 is 16.0 Å². The Hall–Kier alpha value is -2.25. The first kappa shape index (κ1) is 17.8. The third-order valence-corrected chi connectivity index (χ3v) is 2.77. The van der Waals surface area contributed by atoms with Gasteiger partial charge in [0, 0.05) is 13.6 Å². The van der Waals surface area contributed by atoms with Crippen LogP contribution in [-0.4, -0.2) is 32.0 Å². The second-order valence-electron chi connectivity index (χ2n) is 4.48. The molecular weight excluding hydrogens is 297 g/mol. The molecule has 1 aromatic carbocycles. The van der Waals surface area contributed by atoms with E-state index in [9.17, 15) is 18.0 Å². The summed E-state index contributed by atoms with van der Waals surface area (Å²) in [6.07, 6.45) is 1.97. The molecule has 0 saturated heterocycles. The quantitative estimate of drug-likeness (QED) is 0.325. The summed E-state index contributed by atoms with van der Waals surface area (Å²) in [4.78, 5) is 15.6. The molecule has 1 aromatic rings. The molecule has 0 aliphatic carbocycles. The molecule has 1 amide bonds.